The molecule has 0 saturated carbocycles. The molecular formula is C14H17ClN2S. The third-order valence-corrected chi connectivity index (χ3v) is 4.15. The first-order valence-electron chi connectivity index (χ1n) is 5.98. The van der Waals surface area contributed by atoms with E-state index in [4.69, 9.17) is 11.6 Å². The number of aromatic nitrogens is 1. The minimum absolute atomic E-state index is 0.490. The maximum absolute atomic E-state index is 5.97. The molecule has 2 aromatic heterocycles. The van der Waals surface area contributed by atoms with E-state index in [2.05, 4.69) is 41.4 Å². The number of rotatable bonds is 5. The molecule has 0 aliphatic carbocycles. The van der Waals surface area contributed by atoms with Gasteiger partial charge in [0.2, 0.25) is 0 Å². The lowest BCUT2D eigenvalue weighted by atomic mass is 10.2. The van der Waals surface area contributed by atoms with Crippen molar-refractivity contribution in [2.45, 2.75) is 25.9 Å². The highest BCUT2D eigenvalue weighted by Gasteiger charge is 2.11. The quantitative estimate of drug-likeness (QED) is 0.827. The number of likely N-dealkylation sites (N-methyl/N-ethyl adjacent to an activating group) is 1. The Morgan fingerprint density at radius 3 is 2.94 bits per heavy atom. The van der Waals surface area contributed by atoms with Crippen molar-refractivity contribution in [2.24, 2.45) is 0 Å². The molecular weight excluding hydrogens is 264 g/mol. The number of hydrogen-bond donors (Lipinski definition) is 0. The first kappa shape index (κ1) is 13.5. The summed E-state index contributed by atoms with van der Waals surface area (Å²) >= 11 is 7.78. The second-order valence-electron chi connectivity index (χ2n) is 4.51. The lowest BCUT2D eigenvalue weighted by Gasteiger charge is -2.23. The molecule has 4 heteroatoms. The van der Waals surface area contributed by atoms with Crippen molar-refractivity contribution in [3.05, 3.63) is 51.4 Å². The van der Waals surface area contributed by atoms with Crippen molar-refractivity contribution in [3.8, 4) is 0 Å². The first-order valence-corrected chi connectivity index (χ1v) is 7.24. The molecule has 96 valence electrons. The third-order valence-electron chi connectivity index (χ3n) is 3.02. The summed E-state index contributed by atoms with van der Waals surface area (Å²) in [5.41, 5.74) is 1.02. The third kappa shape index (κ3) is 3.80. The van der Waals surface area contributed by atoms with Crippen LogP contribution in [0.5, 0.6) is 0 Å². The number of nitrogens with zero attached hydrogens (tertiary/aromatic N) is 2. The molecule has 0 saturated heterocycles. The second-order valence-corrected chi connectivity index (χ2v) is 5.98. The molecule has 0 spiro atoms. The van der Waals surface area contributed by atoms with E-state index in [0.717, 1.165) is 23.7 Å². The summed E-state index contributed by atoms with van der Waals surface area (Å²) < 4.78 is 0. The van der Waals surface area contributed by atoms with Gasteiger partial charge >= 0.3 is 0 Å². The average molecular weight is 281 g/mol. The van der Waals surface area contributed by atoms with Crippen molar-refractivity contribution in [1.29, 1.82) is 0 Å². The Labute approximate surface area is 117 Å². The highest BCUT2D eigenvalue weighted by atomic mass is 35.5. The molecule has 0 radical (unpaired) electrons. The summed E-state index contributed by atoms with van der Waals surface area (Å²) in [6, 6.07) is 8.51. The topological polar surface area (TPSA) is 16.1 Å². The summed E-state index contributed by atoms with van der Waals surface area (Å²) in [4.78, 5) is 8.06. The summed E-state index contributed by atoms with van der Waals surface area (Å²) in [5.74, 6) is 0. The monoisotopic (exact) mass is 280 g/mol. The highest BCUT2D eigenvalue weighted by Crippen LogP contribution is 2.15. The van der Waals surface area contributed by atoms with Gasteiger partial charge in [-0.15, -0.1) is 11.3 Å². The summed E-state index contributed by atoms with van der Waals surface area (Å²) in [7, 11) is 2.13. The Bertz CT molecular complexity index is 484. The summed E-state index contributed by atoms with van der Waals surface area (Å²) in [6.07, 6.45) is 2.84. The molecule has 0 aliphatic heterocycles. The van der Waals surface area contributed by atoms with Crippen LogP contribution in [0.2, 0.25) is 5.02 Å². The van der Waals surface area contributed by atoms with E-state index < -0.39 is 0 Å². The summed E-state index contributed by atoms with van der Waals surface area (Å²) in [6.45, 7) is 3.07. The van der Waals surface area contributed by atoms with Crippen LogP contribution in [0.25, 0.3) is 0 Å². The molecule has 2 aromatic rings. The van der Waals surface area contributed by atoms with E-state index in [-0.39, 0.29) is 0 Å². The minimum Gasteiger partial charge on any atom is -0.298 e. The molecule has 2 heterocycles. The molecule has 1 atom stereocenters. The van der Waals surface area contributed by atoms with Gasteiger partial charge in [0.1, 0.15) is 0 Å². The SMILES string of the molecule is CC(Cc1cccs1)N(C)Cc1cc(Cl)ccn1. The fourth-order valence-electron chi connectivity index (χ4n) is 1.82. The number of pyridine rings is 1. The Kier molecular flexibility index (Phi) is 4.75. The Morgan fingerprint density at radius 2 is 2.28 bits per heavy atom. The highest BCUT2D eigenvalue weighted by molar-refractivity contribution is 7.09. The van der Waals surface area contributed by atoms with Crippen LogP contribution >= 0.6 is 22.9 Å². The standard InChI is InChI=1S/C14H17ClN2S/c1-11(8-14-4-3-7-18-14)17(2)10-13-9-12(15)5-6-16-13/h3-7,9,11H,8,10H2,1-2H3. The van der Waals surface area contributed by atoms with E-state index in [9.17, 15) is 0 Å². The van der Waals surface area contributed by atoms with Crippen LogP contribution in [0.3, 0.4) is 0 Å². The lowest BCUT2D eigenvalue weighted by Crippen LogP contribution is -2.30. The smallest absolute Gasteiger partial charge is 0.0558 e. The number of halogens is 1. The van der Waals surface area contributed by atoms with Crippen LogP contribution < -0.4 is 0 Å². The zero-order chi connectivity index (χ0) is 13.0. The van der Waals surface area contributed by atoms with E-state index in [0.29, 0.717) is 6.04 Å². The lowest BCUT2D eigenvalue weighted by molar-refractivity contribution is 0.246. The largest absolute Gasteiger partial charge is 0.298 e. The zero-order valence-electron chi connectivity index (χ0n) is 10.6. The number of thiophene rings is 1. The van der Waals surface area contributed by atoms with Crippen LogP contribution in [0.15, 0.2) is 35.8 Å². The fourth-order valence-corrected chi connectivity index (χ4v) is 2.83. The van der Waals surface area contributed by atoms with Gasteiger partial charge in [-0.3, -0.25) is 9.88 Å². The van der Waals surface area contributed by atoms with Crippen molar-refractivity contribution < 1.29 is 0 Å². The van der Waals surface area contributed by atoms with Gasteiger partial charge in [0.15, 0.2) is 0 Å². The minimum atomic E-state index is 0.490. The molecule has 2 rings (SSSR count). The second kappa shape index (κ2) is 6.32. The van der Waals surface area contributed by atoms with Crippen LogP contribution in [0, 0.1) is 0 Å². The van der Waals surface area contributed by atoms with Gasteiger partial charge in [0.25, 0.3) is 0 Å². The Morgan fingerprint density at radius 1 is 1.44 bits per heavy atom. The van der Waals surface area contributed by atoms with Crippen molar-refractivity contribution >= 4 is 22.9 Å². The van der Waals surface area contributed by atoms with Crippen LogP contribution in [-0.4, -0.2) is 23.0 Å². The van der Waals surface area contributed by atoms with Gasteiger partial charge in [-0.1, -0.05) is 17.7 Å². The van der Waals surface area contributed by atoms with Gasteiger partial charge in [-0.25, -0.2) is 0 Å². The van der Waals surface area contributed by atoms with E-state index >= 15 is 0 Å². The molecule has 1 unspecified atom stereocenters. The predicted molar refractivity (Wildman–Crippen MR) is 78.2 cm³/mol. The van der Waals surface area contributed by atoms with Crippen molar-refractivity contribution in [3.63, 3.8) is 0 Å². The normalized spacial score (nSPS) is 12.9. The van der Waals surface area contributed by atoms with Gasteiger partial charge in [0, 0.05) is 28.7 Å². The van der Waals surface area contributed by atoms with Gasteiger partial charge in [-0.05, 0) is 44.0 Å². The zero-order valence-corrected chi connectivity index (χ0v) is 12.2. The van der Waals surface area contributed by atoms with E-state index in [1.165, 1.54) is 4.88 Å². The van der Waals surface area contributed by atoms with Crippen molar-refractivity contribution in [1.82, 2.24) is 9.88 Å². The summed E-state index contributed by atoms with van der Waals surface area (Å²) in [5, 5.41) is 2.87. The maximum Gasteiger partial charge on any atom is 0.0558 e. The van der Waals surface area contributed by atoms with Crippen LogP contribution in [-0.2, 0) is 13.0 Å². The molecule has 0 aliphatic rings. The number of hydrogen-bond acceptors (Lipinski definition) is 3. The molecule has 18 heavy (non-hydrogen) atoms. The van der Waals surface area contributed by atoms with E-state index in [1.54, 1.807) is 12.3 Å². The predicted octanol–water partition coefficient (Wildman–Crippen LogP) is 3.86. The Balaban J connectivity index is 1.93. The fraction of sp³-hybridized carbons (Fsp3) is 0.357. The average Bonchev–Trinajstić information content (AvgIpc) is 2.81. The molecule has 0 aromatic carbocycles. The van der Waals surface area contributed by atoms with E-state index in [1.807, 2.05) is 17.4 Å². The molecule has 0 N–H and O–H groups in total. The molecule has 0 amide bonds. The van der Waals surface area contributed by atoms with Gasteiger partial charge < -0.3 is 0 Å². The van der Waals surface area contributed by atoms with Crippen LogP contribution in [0.4, 0.5) is 0 Å². The molecule has 0 fully saturated rings. The van der Waals surface area contributed by atoms with Crippen LogP contribution in [0.1, 0.15) is 17.5 Å². The van der Waals surface area contributed by atoms with Gasteiger partial charge in [-0.2, -0.15) is 0 Å². The van der Waals surface area contributed by atoms with Crippen molar-refractivity contribution in [2.75, 3.05) is 7.05 Å². The maximum atomic E-state index is 5.97. The first-order chi connectivity index (χ1) is 8.65. The molecule has 2 nitrogen and oxygen atoms in total. The van der Waals surface area contributed by atoms with Gasteiger partial charge in [0.05, 0.1) is 5.69 Å². The molecule has 0 bridgehead atoms. The Hall–Kier alpha value is -0.900.